The Balaban J connectivity index is 1.52. The maximum atomic E-state index is 4.68. The average molecular weight is 323 g/mol. The summed E-state index contributed by atoms with van der Waals surface area (Å²) in [6.07, 6.45) is 2.51. The second kappa shape index (κ2) is 6.07. The van der Waals surface area contributed by atoms with E-state index < -0.39 is 0 Å². The van der Waals surface area contributed by atoms with E-state index in [4.69, 9.17) is 0 Å². The molecule has 1 fully saturated rings. The minimum Gasteiger partial charge on any atom is -0.365 e. The van der Waals surface area contributed by atoms with Crippen LogP contribution in [0.2, 0.25) is 0 Å². The molecule has 24 heavy (non-hydrogen) atoms. The van der Waals surface area contributed by atoms with E-state index in [1.54, 1.807) is 4.52 Å². The lowest BCUT2D eigenvalue weighted by Crippen LogP contribution is -2.19. The molecule has 1 N–H and O–H groups in total. The summed E-state index contributed by atoms with van der Waals surface area (Å²) in [6, 6.07) is 8.14. The number of anilines is 2. The smallest absolute Gasteiger partial charge is 0.178 e. The standard InChI is InChI=1S/C17H21N7/c1-12-9-14(10-17(19-12)23-7-3-4-8-23)11-18-15-5-6-16-21-20-13(2)24(16)22-15/h5-6,9-10H,3-4,7-8,11H2,1-2H3,(H,18,22). The minimum absolute atomic E-state index is 0.712. The number of hydrogen-bond donors (Lipinski definition) is 1. The van der Waals surface area contributed by atoms with Gasteiger partial charge in [0.1, 0.15) is 11.6 Å². The van der Waals surface area contributed by atoms with Crippen LogP contribution in [0.4, 0.5) is 11.6 Å². The number of aryl methyl sites for hydroxylation is 2. The summed E-state index contributed by atoms with van der Waals surface area (Å²) in [5, 5.41) is 16.0. The molecule has 4 heterocycles. The third kappa shape index (κ3) is 2.89. The predicted octanol–water partition coefficient (Wildman–Crippen LogP) is 2.35. The van der Waals surface area contributed by atoms with Gasteiger partial charge in [0.05, 0.1) is 0 Å². The molecule has 0 amide bonds. The highest BCUT2D eigenvalue weighted by Crippen LogP contribution is 2.20. The molecule has 0 bridgehead atoms. The van der Waals surface area contributed by atoms with E-state index in [-0.39, 0.29) is 0 Å². The van der Waals surface area contributed by atoms with Gasteiger partial charge in [0.25, 0.3) is 0 Å². The molecule has 0 radical (unpaired) electrons. The summed E-state index contributed by atoms with van der Waals surface area (Å²) in [4.78, 5) is 7.04. The molecule has 4 rings (SSSR count). The number of rotatable bonds is 4. The molecule has 0 saturated carbocycles. The number of hydrogen-bond acceptors (Lipinski definition) is 6. The van der Waals surface area contributed by atoms with Crippen LogP contribution in [0.3, 0.4) is 0 Å². The lowest BCUT2D eigenvalue weighted by Gasteiger charge is -2.18. The van der Waals surface area contributed by atoms with Crippen LogP contribution >= 0.6 is 0 Å². The summed E-state index contributed by atoms with van der Waals surface area (Å²) in [5.74, 6) is 2.68. The van der Waals surface area contributed by atoms with E-state index in [1.165, 1.54) is 18.4 Å². The van der Waals surface area contributed by atoms with Crippen molar-refractivity contribution >= 4 is 17.3 Å². The molecule has 3 aromatic heterocycles. The summed E-state index contributed by atoms with van der Waals surface area (Å²) in [5.41, 5.74) is 3.02. The SMILES string of the molecule is Cc1cc(CNc2ccc3nnc(C)n3n2)cc(N2CCCC2)n1. The zero-order chi connectivity index (χ0) is 16.5. The number of nitrogens with one attached hydrogen (secondary N) is 1. The Bertz CT molecular complexity index is 865. The third-order valence-corrected chi connectivity index (χ3v) is 4.32. The van der Waals surface area contributed by atoms with Crippen molar-refractivity contribution in [3.63, 3.8) is 0 Å². The van der Waals surface area contributed by atoms with Crippen molar-refractivity contribution < 1.29 is 0 Å². The maximum Gasteiger partial charge on any atom is 0.178 e. The third-order valence-electron chi connectivity index (χ3n) is 4.32. The van der Waals surface area contributed by atoms with Crippen molar-refractivity contribution in [2.75, 3.05) is 23.3 Å². The first kappa shape index (κ1) is 14.9. The highest BCUT2D eigenvalue weighted by molar-refractivity contribution is 5.46. The van der Waals surface area contributed by atoms with Gasteiger partial charge in [-0.25, -0.2) is 4.98 Å². The van der Waals surface area contributed by atoms with E-state index in [1.807, 2.05) is 26.0 Å². The Kier molecular flexibility index (Phi) is 3.76. The summed E-state index contributed by atoms with van der Waals surface area (Å²) < 4.78 is 1.75. The summed E-state index contributed by atoms with van der Waals surface area (Å²) >= 11 is 0. The van der Waals surface area contributed by atoms with Gasteiger partial charge >= 0.3 is 0 Å². The quantitative estimate of drug-likeness (QED) is 0.795. The molecule has 1 aliphatic rings. The van der Waals surface area contributed by atoms with Crippen molar-refractivity contribution in [2.45, 2.75) is 33.2 Å². The zero-order valence-electron chi connectivity index (χ0n) is 14.0. The van der Waals surface area contributed by atoms with Crippen molar-refractivity contribution in [1.29, 1.82) is 0 Å². The second-order valence-corrected chi connectivity index (χ2v) is 6.26. The molecular formula is C17H21N7. The molecule has 0 unspecified atom stereocenters. The van der Waals surface area contributed by atoms with Gasteiger partial charge in [0, 0.05) is 25.3 Å². The van der Waals surface area contributed by atoms with Gasteiger partial charge < -0.3 is 10.2 Å². The first-order valence-electron chi connectivity index (χ1n) is 8.34. The fourth-order valence-electron chi connectivity index (χ4n) is 3.11. The predicted molar refractivity (Wildman–Crippen MR) is 93.3 cm³/mol. The van der Waals surface area contributed by atoms with Crippen LogP contribution < -0.4 is 10.2 Å². The first-order valence-corrected chi connectivity index (χ1v) is 8.34. The fourth-order valence-corrected chi connectivity index (χ4v) is 3.11. The summed E-state index contributed by atoms with van der Waals surface area (Å²) in [6.45, 7) is 6.87. The van der Waals surface area contributed by atoms with E-state index in [0.717, 1.165) is 41.9 Å². The monoisotopic (exact) mass is 323 g/mol. The largest absolute Gasteiger partial charge is 0.365 e. The fraction of sp³-hybridized carbons (Fsp3) is 0.412. The average Bonchev–Trinajstić information content (AvgIpc) is 3.23. The first-order chi connectivity index (χ1) is 11.7. The Labute approximate surface area is 140 Å². The van der Waals surface area contributed by atoms with Crippen LogP contribution in [-0.4, -0.2) is 37.9 Å². The lowest BCUT2D eigenvalue weighted by molar-refractivity contribution is 0.870. The molecule has 0 aliphatic carbocycles. The normalized spacial score (nSPS) is 14.5. The van der Waals surface area contributed by atoms with E-state index >= 15 is 0 Å². The van der Waals surface area contributed by atoms with Gasteiger partial charge in [-0.2, -0.15) is 4.52 Å². The van der Waals surface area contributed by atoms with Crippen LogP contribution in [0.5, 0.6) is 0 Å². The van der Waals surface area contributed by atoms with Gasteiger partial charge in [-0.1, -0.05) is 0 Å². The van der Waals surface area contributed by atoms with Crippen molar-refractivity contribution in [2.24, 2.45) is 0 Å². The van der Waals surface area contributed by atoms with Gasteiger partial charge in [-0.15, -0.1) is 15.3 Å². The molecule has 7 heteroatoms. The van der Waals surface area contributed by atoms with Gasteiger partial charge in [-0.3, -0.25) is 0 Å². The molecule has 1 saturated heterocycles. The Morgan fingerprint density at radius 2 is 1.92 bits per heavy atom. The van der Waals surface area contributed by atoms with Crippen molar-refractivity contribution in [3.8, 4) is 0 Å². The van der Waals surface area contributed by atoms with Crippen molar-refractivity contribution in [3.05, 3.63) is 41.3 Å². The van der Waals surface area contributed by atoms with E-state index in [2.05, 4.69) is 42.6 Å². The van der Waals surface area contributed by atoms with E-state index in [9.17, 15) is 0 Å². The molecule has 0 aromatic carbocycles. The molecular weight excluding hydrogens is 302 g/mol. The Morgan fingerprint density at radius 3 is 2.75 bits per heavy atom. The van der Waals surface area contributed by atoms with Crippen molar-refractivity contribution in [1.82, 2.24) is 24.8 Å². The molecule has 0 spiro atoms. The number of pyridine rings is 1. The van der Waals surface area contributed by atoms with Crippen LogP contribution in [-0.2, 0) is 6.54 Å². The minimum atomic E-state index is 0.712. The summed E-state index contributed by atoms with van der Waals surface area (Å²) in [7, 11) is 0. The Morgan fingerprint density at radius 1 is 1.08 bits per heavy atom. The topological polar surface area (TPSA) is 71.2 Å². The second-order valence-electron chi connectivity index (χ2n) is 6.26. The molecule has 0 atom stereocenters. The number of aromatic nitrogens is 5. The van der Waals surface area contributed by atoms with Gasteiger partial charge in [0.2, 0.25) is 0 Å². The molecule has 1 aliphatic heterocycles. The highest BCUT2D eigenvalue weighted by atomic mass is 15.4. The zero-order valence-corrected chi connectivity index (χ0v) is 14.0. The molecule has 7 nitrogen and oxygen atoms in total. The number of nitrogens with zero attached hydrogens (tertiary/aromatic N) is 6. The van der Waals surface area contributed by atoms with Crippen LogP contribution in [0.15, 0.2) is 24.3 Å². The van der Waals surface area contributed by atoms with Crippen LogP contribution in [0.1, 0.15) is 29.9 Å². The van der Waals surface area contributed by atoms with Gasteiger partial charge in [-0.05, 0) is 56.5 Å². The highest BCUT2D eigenvalue weighted by Gasteiger charge is 2.14. The number of fused-ring (bicyclic) bond motifs is 1. The lowest BCUT2D eigenvalue weighted by atomic mass is 10.2. The van der Waals surface area contributed by atoms with E-state index in [0.29, 0.717) is 6.54 Å². The van der Waals surface area contributed by atoms with Gasteiger partial charge in [0.15, 0.2) is 11.5 Å². The molecule has 124 valence electrons. The van der Waals surface area contributed by atoms with Crippen LogP contribution in [0.25, 0.3) is 5.65 Å². The molecule has 3 aromatic rings. The van der Waals surface area contributed by atoms with Crippen LogP contribution in [0, 0.1) is 13.8 Å². The Hall–Kier alpha value is -2.70. The maximum absolute atomic E-state index is 4.68.